The average Bonchev–Trinajstić information content (AvgIpc) is 2.39. The molecule has 1 unspecified atom stereocenters. The van der Waals surface area contributed by atoms with E-state index >= 15 is 0 Å². The van der Waals surface area contributed by atoms with E-state index in [-0.39, 0.29) is 0 Å². The van der Waals surface area contributed by atoms with Gasteiger partial charge in [0.25, 0.3) is 0 Å². The van der Waals surface area contributed by atoms with Gasteiger partial charge < -0.3 is 0 Å². The first-order valence-electron chi connectivity index (χ1n) is 5.85. The van der Waals surface area contributed by atoms with E-state index in [0.717, 1.165) is 27.4 Å². The Morgan fingerprint density at radius 1 is 0.947 bits per heavy atom. The molecule has 0 bridgehead atoms. The summed E-state index contributed by atoms with van der Waals surface area (Å²) in [5, 5.41) is 3.05. The molecule has 19 heavy (non-hydrogen) atoms. The normalized spacial score (nSPS) is 12.4. The van der Waals surface area contributed by atoms with Crippen LogP contribution in [0, 0.1) is 0 Å². The van der Waals surface area contributed by atoms with Crippen molar-refractivity contribution in [2.75, 3.05) is 5.33 Å². The Kier molecular flexibility index (Phi) is 5.58. The molecular formula is C15H12BrCl3. The molecule has 2 rings (SSSR count). The van der Waals surface area contributed by atoms with Gasteiger partial charge in [0.05, 0.1) is 0 Å². The predicted molar refractivity (Wildman–Crippen MR) is 88.2 cm³/mol. The molecule has 0 fully saturated rings. The van der Waals surface area contributed by atoms with E-state index in [1.54, 1.807) is 6.07 Å². The van der Waals surface area contributed by atoms with Crippen LogP contribution in [0.15, 0.2) is 42.5 Å². The second-order valence-electron chi connectivity index (χ2n) is 4.35. The third kappa shape index (κ3) is 4.13. The van der Waals surface area contributed by atoms with E-state index in [0.29, 0.717) is 10.9 Å². The van der Waals surface area contributed by atoms with Gasteiger partial charge in [0.2, 0.25) is 0 Å². The first-order valence-corrected chi connectivity index (χ1v) is 8.11. The molecule has 0 nitrogen and oxygen atoms in total. The lowest BCUT2D eigenvalue weighted by Crippen LogP contribution is -2.05. The van der Waals surface area contributed by atoms with E-state index in [1.807, 2.05) is 30.3 Å². The van der Waals surface area contributed by atoms with Gasteiger partial charge in [0.15, 0.2) is 0 Å². The number of hydrogen-bond donors (Lipinski definition) is 0. The van der Waals surface area contributed by atoms with Crippen LogP contribution in [0.1, 0.15) is 17.0 Å². The van der Waals surface area contributed by atoms with Crippen LogP contribution in [0.3, 0.4) is 0 Å². The minimum atomic E-state index is 0.315. The molecule has 100 valence electrons. The van der Waals surface area contributed by atoms with Crippen molar-refractivity contribution in [2.24, 2.45) is 0 Å². The molecule has 1 atom stereocenters. The summed E-state index contributed by atoms with van der Waals surface area (Å²) in [6.45, 7) is 0. The molecule has 0 saturated carbocycles. The molecular weight excluding hydrogens is 366 g/mol. The van der Waals surface area contributed by atoms with Crippen molar-refractivity contribution in [3.05, 3.63) is 68.7 Å². The fourth-order valence-electron chi connectivity index (χ4n) is 1.99. The van der Waals surface area contributed by atoms with Crippen molar-refractivity contribution in [3.8, 4) is 0 Å². The highest BCUT2D eigenvalue weighted by molar-refractivity contribution is 9.09. The van der Waals surface area contributed by atoms with Crippen LogP contribution < -0.4 is 0 Å². The number of rotatable bonds is 4. The van der Waals surface area contributed by atoms with Crippen LogP contribution in [0.2, 0.25) is 15.1 Å². The van der Waals surface area contributed by atoms with Crippen LogP contribution >= 0.6 is 50.7 Å². The van der Waals surface area contributed by atoms with Crippen LogP contribution in [0.5, 0.6) is 0 Å². The van der Waals surface area contributed by atoms with Gasteiger partial charge in [0, 0.05) is 20.4 Å². The SMILES string of the molecule is Clc1cccc(C(CBr)Cc2cc(Cl)ccc2Cl)c1. The van der Waals surface area contributed by atoms with Crippen molar-refractivity contribution < 1.29 is 0 Å². The smallest absolute Gasteiger partial charge is 0.0439 e. The van der Waals surface area contributed by atoms with Crippen molar-refractivity contribution in [1.29, 1.82) is 0 Å². The van der Waals surface area contributed by atoms with Crippen molar-refractivity contribution >= 4 is 50.7 Å². The maximum Gasteiger partial charge on any atom is 0.0439 e. The van der Waals surface area contributed by atoms with Gasteiger partial charge in [-0.15, -0.1) is 0 Å². The first-order chi connectivity index (χ1) is 9.10. The lowest BCUT2D eigenvalue weighted by Gasteiger charge is -2.16. The second-order valence-corrected chi connectivity index (χ2v) is 6.27. The van der Waals surface area contributed by atoms with Crippen molar-refractivity contribution in [1.82, 2.24) is 0 Å². The third-order valence-electron chi connectivity index (χ3n) is 2.98. The van der Waals surface area contributed by atoms with Crippen molar-refractivity contribution in [3.63, 3.8) is 0 Å². The van der Waals surface area contributed by atoms with Gasteiger partial charge in [-0.25, -0.2) is 0 Å². The minimum Gasteiger partial charge on any atom is -0.0921 e. The summed E-state index contributed by atoms with van der Waals surface area (Å²) in [5.41, 5.74) is 2.25. The molecule has 0 aliphatic heterocycles. The largest absolute Gasteiger partial charge is 0.0921 e. The van der Waals surface area contributed by atoms with Gasteiger partial charge in [-0.3, -0.25) is 0 Å². The molecule has 0 spiro atoms. The van der Waals surface area contributed by atoms with Gasteiger partial charge in [-0.05, 0) is 53.8 Å². The first kappa shape index (κ1) is 15.2. The summed E-state index contributed by atoms with van der Waals surface area (Å²) in [6, 6.07) is 13.5. The monoisotopic (exact) mass is 376 g/mol. The molecule has 0 heterocycles. The van der Waals surface area contributed by atoms with Gasteiger partial charge in [-0.1, -0.05) is 62.9 Å². The highest BCUT2D eigenvalue weighted by Gasteiger charge is 2.13. The molecule has 0 aliphatic rings. The van der Waals surface area contributed by atoms with Crippen LogP contribution in [-0.2, 0) is 6.42 Å². The number of alkyl halides is 1. The Balaban J connectivity index is 2.26. The van der Waals surface area contributed by atoms with E-state index in [1.165, 1.54) is 5.56 Å². The van der Waals surface area contributed by atoms with Crippen LogP contribution in [-0.4, -0.2) is 5.33 Å². The average molecular weight is 379 g/mol. The maximum atomic E-state index is 6.22. The van der Waals surface area contributed by atoms with Crippen molar-refractivity contribution in [2.45, 2.75) is 12.3 Å². The number of halogens is 4. The summed E-state index contributed by atoms with van der Waals surface area (Å²) in [6.07, 6.45) is 0.824. The molecule has 0 N–H and O–H groups in total. The highest BCUT2D eigenvalue weighted by Crippen LogP contribution is 2.29. The van der Waals surface area contributed by atoms with E-state index in [2.05, 4.69) is 22.0 Å². The van der Waals surface area contributed by atoms with E-state index in [9.17, 15) is 0 Å². The summed E-state index contributed by atoms with van der Waals surface area (Å²) >= 11 is 21.8. The molecule has 4 heteroatoms. The fraction of sp³-hybridized carbons (Fsp3) is 0.200. The summed E-state index contributed by atoms with van der Waals surface area (Å²) in [5.74, 6) is 0.315. The molecule has 0 aromatic heterocycles. The molecule has 2 aromatic carbocycles. The van der Waals surface area contributed by atoms with Crippen LogP contribution in [0.4, 0.5) is 0 Å². The Bertz CT molecular complexity index is 569. The number of hydrogen-bond acceptors (Lipinski definition) is 0. The lowest BCUT2D eigenvalue weighted by atomic mass is 9.94. The van der Waals surface area contributed by atoms with E-state index < -0.39 is 0 Å². The Labute approximate surface area is 136 Å². The quantitative estimate of drug-likeness (QED) is 0.542. The summed E-state index contributed by atoms with van der Waals surface area (Å²) in [7, 11) is 0. The molecule has 2 aromatic rings. The predicted octanol–water partition coefficient (Wildman–Crippen LogP) is 6.37. The maximum absolute atomic E-state index is 6.22. The molecule has 0 aliphatic carbocycles. The van der Waals surface area contributed by atoms with Gasteiger partial charge >= 0.3 is 0 Å². The third-order valence-corrected chi connectivity index (χ3v) is 4.60. The molecule has 0 radical (unpaired) electrons. The summed E-state index contributed by atoms with van der Waals surface area (Å²) < 4.78 is 0. The zero-order valence-corrected chi connectivity index (χ0v) is 13.9. The Hall–Kier alpha value is -0.210. The minimum absolute atomic E-state index is 0.315. The zero-order valence-electron chi connectivity index (χ0n) is 10.0. The fourth-order valence-corrected chi connectivity index (χ4v) is 3.18. The highest BCUT2D eigenvalue weighted by atomic mass is 79.9. The van der Waals surface area contributed by atoms with Gasteiger partial charge in [0.1, 0.15) is 0 Å². The standard InChI is InChI=1S/C15H12BrCl3/c16-9-12(10-2-1-3-13(17)7-10)6-11-8-14(18)4-5-15(11)19/h1-5,7-8,12H,6,9H2. The van der Waals surface area contributed by atoms with Crippen LogP contribution in [0.25, 0.3) is 0 Å². The molecule has 0 saturated heterocycles. The van der Waals surface area contributed by atoms with Gasteiger partial charge in [-0.2, -0.15) is 0 Å². The summed E-state index contributed by atoms with van der Waals surface area (Å²) in [4.78, 5) is 0. The second kappa shape index (κ2) is 6.99. The topological polar surface area (TPSA) is 0 Å². The zero-order chi connectivity index (χ0) is 13.8. The Morgan fingerprint density at radius 3 is 2.37 bits per heavy atom. The lowest BCUT2D eigenvalue weighted by molar-refractivity contribution is 0.776. The molecule has 0 amide bonds. The van der Waals surface area contributed by atoms with E-state index in [4.69, 9.17) is 34.8 Å². The number of benzene rings is 2. The Morgan fingerprint density at radius 2 is 1.68 bits per heavy atom.